The molecule has 0 saturated heterocycles. The summed E-state index contributed by atoms with van der Waals surface area (Å²) in [7, 11) is 0. The van der Waals surface area contributed by atoms with Gasteiger partial charge in [0.15, 0.2) is 0 Å². The third kappa shape index (κ3) is 3.70. The Balaban J connectivity index is 1.88. The molecule has 1 aromatic heterocycles. The Labute approximate surface area is 111 Å². The van der Waals surface area contributed by atoms with E-state index in [4.69, 9.17) is 4.42 Å². The van der Waals surface area contributed by atoms with Crippen LogP contribution in [0.1, 0.15) is 17.1 Å². The molecule has 5 nitrogen and oxygen atoms in total. The second-order valence-corrected chi connectivity index (χ2v) is 4.06. The van der Waals surface area contributed by atoms with E-state index in [0.717, 1.165) is 17.1 Å². The quantitative estimate of drug-likeness (QED) is 0.655. The average molecular weight is 257 g/mol. The lowest BCUT2D eigenvalue weighted by atomic mass is 10.3. The number of rotatable bonds is 3. The summed E-state index contributed by atoms with van der Waals surface area (Å²) < 4.78 is 5.35. The molecule has 0 atom stereocenters. The van der Waals surface area contributed by atoms with E-state index in [9.17, 15) is 4.79 Å². The van der Waals surface area contributed by atoms with Gasteiger partial charge in [0.05, 0.1) is 6.21 Å². The molecule has 0 fully saturated rings. The van der Waals surface area contributed by atoms with E-state index in [1.807, 2.05) is 38.1 Å². The predicted octanol–water partition coefficient (Wildman–Crippen LogP) is 3.05. The van der Waals surface area contributed by atoms with E-state index in [0.29, 0.717) is 5.69 Å². The summed E-state index contributed by atoms with van der Waals surface area (Å²) in [5.41, 5.74) is 3.95. The first-order valence-electron chi connectivity index (χ1n) is 5.87. The molecule has 2 aromatic rings. The van der Waals surface area contributed by atoms with E-state index >= 15 is 0 Å². The molecule has 0 bridgehead atoms. The number of hydrogen-bond acceptors (Lipinski definition) is 3. The lowest BCUT2D eigenvalue weighted by molar-refractivity contribution is 0.252. The van der Waals surface area contributed by atoms with Gasteiger partial charge in [-0.2, -0.15) is 5.10 Å². The summed E-state index contributed by atoms with van der Waals surface area (Å²) in [5.74, 6) is 1.58. The van der Waals surface area contributed by atoms with Gasteiger partial charge in [0, 0.05) is 11.3 Å². The number of anilines is 1. The average Bonchev–Trinajstić information content (AvgIpc) is 2.69. The summed E-state index contributed by atoms with van der Waals surface area (Å²) in [6.07, 6.45) is 1.55. The number of hydrogen-bond donors (Lipinski definition) is 2. The van der Waals surface area contributed by atoms with Crippen molar-refractivity contribution in [2.75, 3.05) is 5.32 Å². The van der Waals surface area contributed by atoms with Crippen LogP contribution in [0.15, 0.2) is 45.9 Å². The number of carbonyl (C=O) groups excluding carboxylic acids is 1. The molecule has 2 amide bonds. The third-order valence-electron chi connectivity index (χ3n) is 2.48. The van der Waals surface area contributed by atoms with Gasteiger partial charge in [0.25, 0.3) is 0 Å². The maximum absolute atomic E-state index is 11.5. The molecule has 2 N–H and O–H groups in total. The zero-order valence-electron chi connectivity index (χ0n) is 10.8. The minimum absolute atomic E-state index is 0.389. The van der Waals surface area contributed by atoms with Gasteiger partial charge in [-0.05, 0) is 32.0 Å². The van der Waals surface area contributed by atoms with Crippen molar-refractivity contribution in [1.82, 2.24) is 5.43 Å². The number of aryl methyl sites for hydroxylation is 2. The first-order chi connectivity index (χ1) is 9.15. The zero-order chi connectivity index (χ0) is 13.7. The fourth-order valence-corrected chi connectivity index (χ4v) is 1.62. The van der Waals surface area contributed by atoms with Crippen LogP contribution in [-0.2, 0) is 0 Å². The number of hydrazone groups is 1. The Hall–Kier alpha value is -2.56. The van der Waals surface area contributed by atoms with E-state index in [-0.39, 0.29) is 6.03 Å². The number of amides is 2. The van der Waals surface area contributed by atoms with Crippen LogP contribution < -0.4 is 10.7 Å². The summed E-state index contributed by atoms with van der Waals surface area (Å²) in [6, 6.07) is 10.6. The van der Waals surface area contributed by atoms with Crippen LogP contribution in [0.3, 0.4) is 0 Å². The monoisotopic (exact) mass is 257 g/mol. The van der Waals surface area contributed by atoms with E-state index in [2.05, 4.69) is 15.8 Å². The van der Waals surface area contributed by atoms with Crippen molar-refractivity contribution < 1.29 is 9.21 Å². The van der Waals surface area contributed by atoms with Gasteiger partial charge in [-0.1, -0.05) is 18.2 Å². The van der Waals surface area contributed by atoms with Crippen molar-refractivity contribution in [2.24, 2.45) is 5.10 Å². The number of para-hydroxylation sites is 1. The highest BCUT2D eigenvalue weighted by Gasteiger charge is 2.02. The molecule has 98 valence electrons. The number of nitrogens with zero attached hydrogens (tertiary/aromatic N) is 1. The molecule has 0 aliphatic carbocycles. The van der Waals surface area contributed by atoms with Crippen LogP contribution in [0.25, 0.3) is 0 Å². The van der Waals surface area contributed by atoms with Crippen LogP contribution >= 0.6 is 0 Å². The Morgan fingerprint density at radius 1 is 1.26 bits per heavy atom. The standard InChI is InChI=1S/C14H15N3O2/c1-10-8-12(11(2)19-10)9-15-17-14(18)16-13-6-4-3-5-7-13/h3-9H,1-2H3,(H2,16,17,18)/b15-9-. The fourth-order valence-electron chi connectivity index (χ4n) is 1.62. The van der Waals surface area contributed by atoms with Gasteiger partial charge >= 0.3 is 6.03 Å². The minimum atomic E-state index is -0.389. The molecule has 1 heterocycles. The van der Waals surface area contributed by atoms with Crippen LogP contribution in [0.5, 0.6) is 0 Å². The molecule has 0 saturated carbocycles. The highest BCUT2D eigenvalue weighted by atomic mass is 16.3. The fraction of sp³-hybridized carbons (Fsp3) is 0.143. The highest BCUT2D eigenvalue weighted by molar-refractivity contribution is 5.90. The van der Waals surface area contributed by atoms with E-state index < -0.39 is 0 Å². The molecule has 2 rings (SSSR count). The van der Waals surface area contributed by atoms with Crippen molar-refractivity contribution in [3.05, 3.63) is 53.5 Å². The number of carbonyl (C=O) groups is 1. The smallest absolute Gasteiger partial charge is 0.339 e. The van der Waals surface area contributed by atoms with Crippen molar-refractivity contribution in [3.8, 4) is 0 Å². The van der Waals surface area contributed by atoms with Crippen molar-refractivity contribution in [2.45, 2.75) is 13.8 Å². The van der Waals surface area contributed by atoms with Crippen molar-refractivity contribution in [1.29, 1.82) is 0 Å². The second-order valence-electron chi connectivity index (χ2n) is 4.06. The van der Waals surface area contributed by atoms with Crippen molar-refractivity contribution >= 4 is 17.9 Å². The molecule has 0 aliphatic rings. The second kappa shape index (κ2) is 5.86. The normalized spacial score (nSPS) is 10.6. The Morgan fingerprint density at radius 2 is 2.00 bits per heavy atom. The number of benzene rings is 1. The van der Waals surface area contributed by atoms with E-state index in [1.165, 1.54) is 0 Å². The topological polar surface area (TPSA) is 66.6 Å². The maximum atomic E-state index is 11.5. The summed E-state index contributed by atoms with van der Waals surface area (Å²) in [4.78, 5) is 11.5. The van der Waals surface area contributed by atoms with Gasteiger partial charge in [-0.15, -0.1) is 0 Å². The molecule has 0 aliphatic heterocycles. The van der Waals surface area contributed by atoms with Gasteiger partial charge in [0.1, 0.15) is 11.5 Å². The summed E-state index contributed by atoms with van der Waals surface area (Å²) >= 11 is 0. The van der Waals surface area contributed by atoms with Crippen molar-refractivity contribution in [3.63, 3.8) is 0 Å². The van der Waals surface area contributed by atoms with Crippen LogP contribution in [0.2, 0.25) is 0 Å². The number of nitrogens with one attached hydrogen (secondary N) is 2. The van der Waals surface area contributed by atoms with Gasteiger partial charge in [-0.25, -0.2) is 10.2 Å². The number of urea groups is 1. The Morgan fingerprint density at radius 3 is 2.63 bits per heavy atom. The highest BCUT2D eigenvalue weighted by Crippen LogP contribution is 2.10. The third-order valence-corrected chi connectivity index (χ3v) is 2.48. The molecule has 1 aromatic carbocycles. The van der Waals surface area contributed by atoms with E-state index in [1.54, 1.807) is 18.3 Å². The number of furan rings is 1. The molecular weight excluding hydrogens is 242 g/mol. The first-order valence-corrected chi connectivity index (χ1v) is 5.87. The molecule has 0 spiro atoms. The van der Waals surface area contributed by atoms with Crippen LogP contribution in [0, 0.1) is 13.8 Å². The molecular formula is C14H15N3O2. The SMILES string of the molecule is Cc1cc(/C=N\NC(=O)Nc2ccccc2)c(C)o1. The Kier molecular flexibility index (Phi) is 3.97. The predicted molar refractivity (Wildman–Crippen MR) is 74.4 cm³/mol. The summed E-state index contributed by atoms with van der Waals surface area (Å²) in [5, 5.41) is 6.53. The lowest BCUT2D eigenvalue weighted by Gasteiger charge is -2.02. The van der Waals surface area contributed by atoms with Crippen LogP contribution in [0.4, 0.5) is 10.5 Å². The Bertz CT molecular complexity index is 588. The molecule has 5 heteroatoms. The minimum Gasteiger partial charge on any atom is -0.466 e. The lowest BCUT2D eigenvalue weighted by Crippen LogP contribution is -2.24. The van der Waals surface area contributed by atoms with Gasteiger partial charge in [0.2, 0.25) is 0 Å². The maximum Gasteiger partial charge on any atom is 0.339 e. The summed E-state index contributed by atoms with van der Waals surface area (Å²) in [6.45, 7) is 3.71. The molecule has 0 radical (unpaired) electrons. The van der Waals surface area contributed by atoms with Gasteiger partial charge in [-0.3, -0.25) is 0 Å². The van der Waals surface area contributed by atoms with Crippen LogP contribution in [-0.4, -0.2) is 12.2 Å². The molecule has 0 unspecified atom stereocenters. The molecule has 19 heavy (non-hydrogen) atoms. The zero-order valence-corrected chi connectivity index (χ0v) is 10.8. The van der Waals surface area contributed by atoms with Gasteiger partial charge < -0.3 is 9.73 Å². The first kappa shape index (κ1) is 12.9. The largest absolute Gasteiger partial charge is 0.466 e.